The lowest BCUT2D eigenvalue weighted by Gasteiger charge is -2.36. The van der Waals surface area contributed by atoms with Crippen LogP contribution in [-0.2, 0) is 11.2 Å². The Morgan fingerprint density at radius 1 is 1.14 bits per heavy atom. The molecular formula is C16H16BrFN2OS. The van der Waals surface area contributed by atoms with Gasteiger partial charge in [0, 0.05) is 31.1 Å². The molecule has 3 nitrogen and oxygen atoms in total. The molecule has 1 aliphatic heterocycles. The van der Waals surface area contributed by atoms with Gasteiger partial charge in [-0.3, -0.25) is 4.79 Å². The lowest BCUT2D eigenvalue weighted by Crippen LogP contribution is -2.49. The van der Waals surface area contributed by atoms with Gasteiger partial charge < -0.3 is 9.80 Å². The molecule has 0 unspecified atom stereocenters. The summed E-state index contributed by atoms with van der Waals surface area (Å²) in [6.45, 7) is 2.61. The van der Waals surface area contributed by atoms with Crippen molar-refractivity contribution in [2.45, 2.75) is 6.42 Å². The number of benzene rings is 1. The number of halogens is 2. The summed E-state index contributed by atoms with van der Waals surface area (Å²) >= 11 is 5.00. The zero-order chi connectivity index (χ0) is 15.5. The normalized spacial score (nSPS) is 15.2. The van der Waals surface area contributed by atoms with E-state index in [9.17, 15) is 9.18 Å². The molecule has 1 fully saturated rings. The maximum absolute atomic E-state index is 13.8. The number of anilines is 1. The molecule has 1 aromatic heterocycles. The molecule has 0 saturated carbocycles. The second-order valence-corrected chi connectivity index (χ2v) is 7.75. The number of thiophene rings is 1. The van der Waals surface area contributed by atoms with Crippen molar-refractivity contribution in [2.24, 2.45) is 0 Å². The van der Waals surface area contributed by atoms with E-state index in [1.807, 2.05) is 28.0 Å². The summed E-state index contributed by atoms with van der Waals surface area (Å²) in [6.07, 6.45) is 0.440. The lowest BCUT2D eigenvalue weighted by atomic mass is 10.2. The second kappa shape index (κ2) is 6.79. The Labute approximate surface area is 141 Å². The summed E-state index contributed by atoms with van der Waals surface area (Å²) in [5.74, 6) is -0.0618. The Kier molecular flexibility index (Phi) is 4.78. The van der Waals surface area contributed by atoms with E-state index in [1.165, 1.54) is 6.07 Å². The van der Waals surface area contributed by atoms with E-state index in [1.54, 1.807) is 23.5 Å². The Morgan fingerprint density at radius 3 is 2.50 bits per heavy atom. The Morgan fingerprint density at radius 2 is 1.86 bits per heavy atom. The molecule has 0 N–H and O–H groups in total. The molecule has 0 atom stereocenters. The fourth-order valence-electron chi connectivity index (χ4n) is 2.61. The molecule has 1 aliphatic rings. The van der Waals surface area contributed by atoms with E-state index in [0.29, 0.717) is 38.3 Å². The van der Waals surface area contributed by atoms with Crippen LogP contribution in [0.5, 0.6) is 0 Å². The van der Waals surface area contributed by atoms with Crippen molar-refractivity contribution in [3.8, 4) is 0 Å². The highest BCUT2D eigenvalue weighted by molar-refractivity contribution is 9.11. The van der Waals surface area contributed by atoms with Gasteiger partial charge in [-0.15, -0.1) is 11.3 Å². The smallest absolute Gasteiger partial charge is 0.227 e. The van der Waals surface area contributed by atoms with Crippen LogP contribution >= 0.6 is 27.3 Å². The van der Waals surface area contributed by atoms with Gasteiger partial charge in [-0.25, -0.2) is 4.39 Å². The van der Waals surface area contributed by atoms with Crippen LogP contribution in [0.25, 0.3) is 0 Å². The molecule has 1 aromatic carbocycles. The van der Waals surface area contributed by atoms with Gasteiger partial charge in [0.15, 0.2) is 0 Å². The van der Waals surface area contributed by atoms with Crippen LogP contribution in [0.2, 0.25) is 0 Å². The van der Waals surface area contributed by atoms with Gasteiger partial charge in [-0.1, -0.05) is 12.1 Å². The molecule has 22 heavy (non-hydrogen) atoms. The summed E-state index contributed by atoms with van der Waals surface area (Å²) in [4.78, 5) is 17.2. The average molecular weight is 383 g/mol. The molecular weight excluding hydrogens is 367 g/mol. The predicted molar refractivity (Wildman–Crippen MR) is 90.9 cm³/mol. The van der Waals surface area contributed by atoms with Crippen LogP contribution in [0.1, 0.15) is 4.88 Å². The van der Waals surface area contributed by atoms with Crippen molar-refractivity contribution in [1.29, 1.82) is 0 Å². The SMILES string of the molecule is O=C(Cc1ccc(Br)s1)N1CCN(c2ccccc2F)CC1. The van der Waals surface area contributed by atoms with E-state index in [0.717, 1.165) is 8.66 Å². The summed E-state index contributed by atoms with van der Waals surface area (Å²) < 4.78 is 14.8. The Hall–Kier alpha value is -1.40. The summed E-state index contributed by atoms with van der Waals surface area (Å²) in [7, 11) is 0. The first-order chi connectivity index (χ1) is 10.6. The van der Waals surface area contributed by atoms with Crippen LogP contribution < -0.4 is 4.90 Å². The quantitative estimate of drug-likeness (QED) is 0.810. The first kappa shape index (κ1) is 15.5. The maximum Gasteiger partial charge on any atom is 0.227 e. The zero-order valence-electron chi connectivity index (χ0n) is 12.0. The van der Waals surface area contributed by atoms with Crippen LogP contribution in [0.15, 0.2) is 40.2 Å². The summed E-state index contributed by atoms with van der Waals surface area (Å²) in [6, 6.07) is 10.7. The van der Waals surface area contributed by atoms with Crippen molar-refractivity contribution in [1.82, 2.24) is 4.90 Å². The molecule has 116 valence electrons. The van der Waals surface area contributed by atoms with E-state index >= 15 is 0 Å². The first-order valence-corrected chi connectivity index (χ1v) is 8.76. The van der Waals surface area contributed by atoms with Gasteiger partial charge in [-0.05, 0) is 40.2 Å². The molecule has 0 aliphatic carbocycles. The van der Waals surface area contributed by atoms with Crippen LogP contribution in [-0.4, -0.2) is 37.0 Å². The number of hydrogen-bond acceptors (Lipinski definition) is 3. The molecule has 3 rings (SSSR count). The summed E-state index contributed by atoms with van der Waals surface area (Å²) in [5.41, 5.74) is 0.622. The van der Waals surface area contributed by atoms with Crippen LogP contribution in [0.4, 0.5) is 10.1 Å². The largest absolute Gasteiger partial charge is 0.366 e. The molecule has 0 radical (unpaired) electrons. The van der Waals surface area contributed by atoms with Gasteiger partial charge in [-0.2, -0.15) is 0 Å². The fraction of sp³-hybridized carbons (Fsp3) is 0.312. The number of hydrogen-bond donors (Lipinski definition) is 0. The molecule has 1 amide bonds. The van der Waals surface area contributed by atoms with Crippen molar-refractivity contribution in [2.75, 3.05) is 31.1 Å². The van der Waals surface area contributed by atoms with Crippen molar-refractivity contribution in [3.63, 3.8) is 0 Å². The Bertz CT molecular complexity index is 668. The van der Waals surface area contributed by atoms with Crippen LogP contribution in [0, 0.1) is 5.82 Å². The number of rotatable bonds is 3. The van der Waals surface area contributed by atoms with Gasteiger partial charge >= 0.3 is 0 Å². The predicted octanol–water partition coefficient (Wildman–Crippen LogP) is 3.54. The third-order valence-electron chi connectivity index (χ3n) is 3.78. The molecule has 2 heterocycles. The fourth-order valence-corrected chi connectivity index (χ4v) is 4.09. The number of carbonyl (C=O) groups is 1. The highest BCUT2D eigenvalue weighted by Gasteiger charge is 2.22. The topological polar surface area (TPSA) is 23.6 Å². The van der Waals surface area contributed by atoms with Crippen molar-refractivity contribution >= 4 is 38.9 Å². The van der Waals surface area contributed by atoms with E-state index in [2.05, 4.69) is 15.9 Å². The number of carbonyl (C=O) groups excluding carboxylic acids is 1. The second-order valence-electron chi connectivity index (χ2n) is 5.20. The molecule has 0 spiro atoms. The lowest BCUT2D eigenvalue weighted by molar-refractivity contribution is -0.130. The number of nitrogens with zero attached hydrogens (tertiary/aromatic N) is 2. The standard InChI is InChI=1S/C16H16BrFN2OS/c17-15-6-5-12(22-15)11-16(21)20-9-7-19(8-10-20)14-4-2-1-3-13(14)18/h1-6H,7-11H2. The third kappa shape index (κ3) is 3.50. The highest BCUT2D eigenvalue weighted by atomic mass is 79.9. The highest BCUT2D eigenvalue weighted by Crippen LogP contribution is 2.24. The molecule has 1 saturated heterocycles. The number of piperazine rings is 1. The van der Waals surface area contributed by atoms with E-state index in [-0.39, 0.29) is 11.7 Å². The van der Waals surface area contributed by atoms with Gasteiger partial charge in [0.1, 0.15) is 5.82 Å². The monoisotopic (exact) mass is 382 g/mol. The average Bonchev–Trinajstić information content (AvgIpc) is 2.93. The van der Waals surface area contributed by atoms with Crippen LogP contribution in [0.3, 0.4) is 0 Å². The molecule has 0 bridgehead atoms. The zero-order valence-corrected chi connectivity index (χ0v) is 14.4. The minimum Gasteiger partial charge on any atom is -0.366 e. The minimum absolute atomic E-state index is 0.141. The van der Waals surface area contributed by atoms with E-state index in [4.69, 9.17) is 0 Å². The van der Waals surface area contributed by atoms with Gasteiger partial charge in [0.25, 0.3) is 0 Å². The summed E-state index contributed by atoms with van der Waals surface area (Å²) in [5, 5.41) is 0. The molecule has 2 aromatic rings. The van der Waals surface area contributed by atoms with Crippen molar-refractivity contribution in [3.05, 3.63) is 50.9 Å². The van der Waals surface area contributed by atoms with Crippen molar-refractivity contribution < 1.29 is 9.18 Å². The molecule has 6 heteroatoms. The minimum atomic E-state index is -0.203. The van der Waals surface area contributed by atoms with Gasteiger partial charge in [0.2, 0.25) is 5.91 Å². The number of amides is 1. The van der Waals surface area contributed by atoms with Gasteiger partial charge in [0.05, 0.1) is 15.9 Å². The number of para-hydroxylation sites is 1. The van der Waals surface area contributed by atoms with E-state index < -0.39 is 0 Å². The maximum atomic E-state index is 13.8. The first-order valence-electron chi connectivity index (χ1n) is 7.15. The Balaban J connectivity index is 1.57. The third-order valence-corrected chi connectivity index (χ3v) is 5.40.